The van der Waals surface area contributed by atoms with E-state index in [-0.39, 0.29) is 5.17 Å². The van der Waals surface area contributed by atoms with Gasteiger partial charge in [0.25, 0.3) is 5.69 Å². The van der Waals surface area contributed by atoms with Crippen molar-refractivity contribution in [3.8, 4) is 0 Å². The highest BCUT2D eigenvalue weighted by Gasteiger charge is 2.32. The minimum Gasteiger partial charge on any atom is -0.481 e. The van der Waals surface area contributed by atoms with Gasteiger partial charge in [0.05, 0.1) is 23.6 Å². The van der Waals surface area contributed by atoms with Crippen LogP contribution in [0.1, 0.15) is 12.0 Å². The van der Waals surface area contributed by atoms with Crippen LogP contribution < -0.4 is 5.32 Å². The summed E-state index contributed by atoms with van der Waals surface area (Å²) >= 11 is 0.807. The summed E-state index contributed by atoms with van der Waals surface area (Å²) in [6.07, 6.45) is 0.286. The minimum atomic E-state index is -1.20. The molecule has 1 fully saturated rings. The number of nitro benzene ring substituents is 1. The summed E-state index contributed by atoms with van der Waals surface area (Å²) in [6, 6.07) is 0.989. The Morgan fingerprint density at radius 2 is 2.21 bits per heavy atom. The molecule has 0 aromatic heterocycles. The molecule has 0 radical (unpaired) electrons. The number of amides is 1. The maximum absolute atomic E-state index is 13.6. The first kappa shape index (κ1) is 17.5. The molecule has 1 aromatic carbocycles. The number of nitrogens with zero attached hydrogens (tertiary/aromatic N) is 3. The molecular weight excluding hydrogens is 350 g/mol. The number of carboxylic acid groups (broad SMARTS) is 1. The molecular formula is C12H8F2N4O5S. The van der Waals surface area contributed by atoms with Gasteiger partial charge in [0.15, 0.2) is 5.17 Å². The Hall–Kier alpha value is -2.89. The van der Waals surface area contributed by atoms with Crippen molar-refractivity contribution in [2.75, 3.05) is 0 Å². The lowest BCUT2D eigenvalue weighted by molar-refractivity contribution is -0.385. The molecule has 1 saturated heterocycles. The molecule has 0 aliphatic carbocycles. The number of aliphatic carboxylic acids is 1. The van der Waals surface area contributed by atoms with Crippen molar-refractivity contribution in [1.29, 1.82) is 0 Å². The van der Waals surface area contributed by atoms with Crippen LogP contribution >= 0.6 is 11.8 Å². The second-order valence-electron chi connectivity index (χ2n) is 4.42. The molecule has 9 nitrogen and oxygen atoms in total. The average molecular weight is 358 g/mol. The Balaban J connectivity index is 2.19. The zero-order chi connectivity index (χ0) is 17.9. The fourth-order valence-electron chi connectivity index (χ4n) is 1.73. The number of carbonyl (C=O) groups excluding carboxylic acids is 1. The van der Waals surface area contributed by atoms with E-state index in [1.54, 1.807) is 0 Å². The Morgan fingerprint density at radius 3 is 2.83 bits per heavy atom. The first-order valence-electron chi connectivity index (χ1n) is 6.21. The van der Waals surface area contributed by atoms with Gasteiger partial charge in [-0.3, -0.25) is 19.7 Å². The standard InChI is InChI=1S/C12H8F2N4O5S/c13-5-1-7(14)6(8(2-5)18(22)23)4-15-17-12-16-11(21)9(24-12)3-10(19)20/h1-2,4,9H,3H2,(H,19,20)(H,16,17,21). The lowest BCUT2D eigenvalue weighted by Gasteiger charge is -1.99. The number of hydrogen-bond acceptors (Lipinski definition) is 7. The van der Waals surface area contributed by atoms with Gasteiger partial charge in [-0.05, 0) is 0 Å². The van der Waals surface area contributed by atoms with E-state index >= 15 is 0 Å². The quantitative estimate of drug-likeness (QED) is 0.462. The van der Waals surface area contributed by atoms with Crippen molar-refractivity contribution in [2.24, 2.45) is 10.2 Å². The molecule has 2 N–H and O–H groups in total. The van der Waals surface area contributed by atoms with E-state index in [1.165, 1.54) is 0 Å². The molecule has 0 spiro atoms. The van der Waals surface area contributed by atoms with Crippen molar-refractivity contribution >= 4 is 40.7 Å². The summed E-state index contributed by atoms with van der Waals surface area (Å²) in [5.74, 6) is -4.05. The maximum atomic E-state index is 13.6. The van der Waals surface area contributed by atoms with Gasteiger partial charge in [-0.15, -0.1) is 5.10 Å². The monoisotopic (exact) mass is 358 g/mol. The number of nitrogens with one attached hydrogen (secondary N) is 1. The third-order valence-corrected chi connectivity index (χ3v) is 3.81. The number of carbonyl (C=O) groups is 2. The van der Waals surface area contributed by atoms with Gasteiger partial charge in [0.1, 0.15) is 22.4 Å². The molecule has 1 aliphatic heterocycles. The second kappa shape index (κ2) is 7.12. The molecule has 1 aromatic rings. The van der Waals surface area contributed by atoms with Gasteiger partial charge in [-0.2, -0.15) is 5.10 Å². The normalized spacial score (nSPS) is 19.0. The van der Waals surface area contributed by atoms with Crippen LogP contribution in [0.5, 0.6) is 0 Å². The van der Waals surface area contributed by atoms with Crippen LogP contribution in [-0.4, -0.2) is 38.5 Å². The van der Waals surface area contributed by atoms with Crippen molar-refractivity contribution in [3.05, 3.63) is 39.4 Å². The van der Waals surface area contributed by atoms with E-state index < -0.39 is 51.4 Å². The van der Waals surface area contributed by atoms with E-state index in [2.05, 4.69) is 15.5 Å². The maximum Gasteiger partial charge on any atom is 0.305 e. The van der Waals surface area contributed by atoms with Crippen molar-refractivity contribution in [2.45, 2.75) is 11.7 Å². The van der Waals surface area contributed by atoms with Crippen LogP contribution in [0, 0.1) is 21.7 Å². The first-order valence-corrected chi connectivity index (χ1v) is 7.09. The van der Waals surface area contributed by atoms with E-state index in [0.29, 0.717) is 18.3 Å². The molecule has 1 heterocycles. The molecule has 0 saturated carbocycles. The molecule has 1 unspecified atom stereocenters. The summed E-state index contributed by atoms with van der Waals surface area (Å²) in [4.78, 5) is 31.9. The fourth-order valence-corrected chi connectivity index (χ4v) is 2.65. The molecule has 24 heavy (non-hydrogen) atoms. The summed E-state index contributed by atoms with van der Waals surface area (Å²) in [5.41, 5.74) is -1.41. The second-order valence-corrected chi connectivity index (χ2v) is 5.61. The van der Waals surface area contributed by atoms with E-state index in [0.717, 1.165) is 11.8 Å². The van der Waals surface area contributed by atoms with E-state index in [9.17, 15) is 28.5 Å². The summed E-state index contributed by atoms with van der Waals surface area (Å²) < 4.78 is 26.6. The van der Waals surface area contributed by atoms with Gasteiger partial charge in [0, 0.05) is 6.07 Å². The third kappa shape index (κ3) is 4.10. The topological polar surface area (TPSA) is 134 Å². The molecule has 1 amide bonds. The molecule has 0 bridgehead atoms. The Kier molecular flexibility index (Phi) is 5.18. The number of carboxylic acids is 1. The highest BCUT2D eigenvalue weighted by molar-refractivity contribution is 8.15. The van der Waals surface area contributed by atoms with Gasteiger partial charge >= 0.3 is 5.97 Å². The average Bonchev–Trinajstić information content (AvgIpc) is 2.80. The number of nitro groups is 1. The van der Waals surface area contributed by atoms with Crippen LogP contribution in [0.15, 0.2) is 22.3 Å². The van der Waals surface area contributed by atoms with Crippen LogP contribution in [0.25, 0.3) is 0 Å². The molecule has 1 atom stereocenters. The number of halogens is 2. The van der Waals surface area contributed by atoms with Crippen molar-refractivity contribution in [3.63, 3.8) is 0 Å². The largest absolute Gasteiger partial charge is 0.481 e. The lowest BCUT2D eigenvalue weighted by atomic mass is 10.2. The molecule has 12 heteroatoms. The summed E-state index contributed by atoms with van der Waals surface area (Å²) in [5, 5.41) is 27.7. The van der Waals surface area contributed by atoms with E-state index in [4.69, 9.17) is 5.11 Å². The molecule has 1 aliphatic rings. The predicted octanol–water partition coefficient (Wildman–Crippen LogP) is 1.27. The van der Waals surface area contributed by atoms with Gasteiger partial charge in [0.2, 0.25) is 5.91 Å². The van der Waals surface area contributed by atoms with Crippen LogP contribution in [0.3, 0.4) is 0 Å². The Morgan fingerprint density at radius 1 is 1.50 bits per heavy atom. The third-order valence-electron chi connectivity index (χ3n) is 2.74. The molecule has 2 rings (SSSR count). The van der Waals surface area contributed by atoms with Gasteiger partial charge < -0.3 is 10.4 Å². The number of rotatable bonds is 5. The zero-order valence-electron chi connectivity index (χ0n) is 11.6. The van der Waals surface area contributed by atoms with Crippen LogP contribution in [0.2, 0.25) is 0 Å². The number of hydrogen-bond donors (Lipinski definition) is 2. The predicted molar refractivity (Wildman–Crippen MR) is 79.8 cm³/mol. The number of thioether (sulfide) groups is 1. The van der Waals surface area contributed by atoms with Gasteiger partial charge in [-0.25, -0.2) is 8.78 Å². The van der Waals surface area contributed by atoms with Gasteiger partial charge in [-0.1, -0.05) is 11.8 Å². The highest BCUT2D eigenvalue weighted by Crippen LogP contribution is 2.23. The van der Waals surface area contributed by atoms with Crippen molar-refractivity contribution in [1.82, 2.24) is 5.32 Å². The van der Waals surface area contributed by atoms with Crippen LogP contribution in [0.4, 0.5) is 14.5 Å². The number of benzene rings is 1. The lowest BCUT2D eigenvalue weighted by Crippen LogP contribution is -2.26. The highest BCUT2D eigenvalue weighted by atomic mass is 32.2. The summed E-state index contributed by atoms with van der Waals surface area (Å²) in [7, 11) is 0. The van der Waals surface area contributed by atoms with E-state index in [1.807, 2.05) is 0 Å². The number of amidine groups is 1. The first-order chi connectivity index (χ1) is 11.3. The molecule has 126 valence electrons. The Bertz CT molecular complexity index is 783. The summed E-state index contributed by atoms with van der Waals surface area (Å²) in [6.45, 7) is 0. The zero-order valence-corrected chi connectivity index (χ0v) is 12.4. The SMILES string of the molecule is O=C(O)CC1SC(=NN=Cc2c(F)cc(F)cc2[N+](=O)[O-])NC1=O. The van der Waals surface area contributed by atoms with Crippen LogP contribution in [-0.2, 0) is 9.59 Å². The Labute approximate surface area is 136 Å². The fraction of sp³-hybridized carbons (Fsp3) is 0.167. The smallest absolute Gasteiger partial charge is 0.305 e. The van der Waals surface area contributed by atoms with Crippen molar-refractivity contribution < 1.29 is 28.4 Å². The minimum absolute atomic E-state index is 0.0346.